The molecule has 0 spiro atoms. The minimum atomic E-state index is -3.99. The number of ether oxygens (including phenoxy) is 1. The van der Waals surface area contributed by atoms with Gasteiger partial charge in [0.25, 0.3) is 10.0 Å². The Balaban J connectivity index is 1.93. The molecular formula is C23H23ClN2O4S. The Labute approximate surface area is 187 Å². The molecule has 31 heavy (non-hydrogen) atoms. The van der Waals surface area contributed by atoms with Crippen LogP contribution in [0.25, 0.3) is 0 Å². The number of benzene rings is 3. The van der Waals surface area contributed by atoms with E-state index in [4.69, 9.17) is 16.3 Å². The first-order chi connectivity index (χ1) is 14.8. The molecule has 1 N–H and O–H groups in total. The number of hydrogen-bond acceptors (Lipinski definition) is 4. The first-order valence-electron chi connectivity index (χ1n) is 9.68. The maximum atomic E-state index is 13.4. The topological polar surface area (TPSA) is 75.7 Å². The van der Waals surface area contributed by atoms with Crippen LogP contribution in [0.3, 0.4) is 0 Å². The monoisotopic (exact) mass is 458 g/mol. The number of anilines is 2. The molecule has 3 aromatic carbocycles. The number of nitrogens with one attached hydrogen (secondary N) is 1. The van der Waals surface area contributed by atoms with Gasteiger partial charge >= 0.3 is 0 Å². The lowest BCUT2D eigenvalue weighted by molar-refractivity contribution is -0.114. The van der Waals surface area contributed by atoms with Crippen molar-refractivity contribution in [2.45, 2.75) is 18.7 Å². The fourth-order valence-electron chi connectivity index (χ4n) is 3.08. The summed E-state index contributed by atoms with van der Waals surface area (Å²) in [5.41, 5.74) is 1.53. The molecule has 162 valence electrons. The van der Waals surface area contributed by atoms with Crippen molar-refractivity contribution in [3.05, 3.63) is 83.4 Å². The maximum Gasteiger partial charge on any atom is 0.264 e. The van der Waals surface area contributed by atoms with Gasteiger partial charge in [-0.3, -0.25) is 9.10 Å². The molecule has 0 radical (unpaired) electrons. The highest BCUT2D eigenvalue weighted by Gasteiger charge is 2.28. The summed E-state index contributed by atoms with van der Waals surface area (Å²) in [4.78, 5) is 12.9. The third-order valence-corrected chi connectivity index (χ3v) is 6.48. The van der Waals surface area contributed by atoms with Crippen LogP contribution in [0.1, 0.15) is 12.5 Å². The molecule has 0 saturated heterocycles. The standard InChI is InChI=1S/C23H23ClN2O4S/c1-3-30-20-9-7-8-19(15-20)25-23(27)16-26(22-13-12-18(24)14-17(22)2)31(28,29)21-10-5-4-6-11-21/h4-15H,3,16H2,1-2H3,(H,25,27). The Morgan fingerprint density at radius 1 is 1.03 bits per heavy atom. The van der Waals surface area contributed by atoms with Crippen LogP contribution in [-0.4, -0.2) is 27.5 Å². The van der Waals surface area contributed by atoms with Crippen molar-refractivity contribution >= 4 is 38.9 Å². The van der Waals surface area contributed by atoms with Crippen molar-refractivity contribution in [2.24, 2.45) is 0 Å². The quantitative estimate of drug-likeness (QED) is 0.522. The van der Waals surface area contributed by atoms with E-state index in [2.05, 4.69) is 5.32 Å². The van der Waals surface area contributed by atoms with Crippen molar-refractivity contribution in [3.8, 4) is 5.75 Å². The van der Waals surface area contributed by atoms with Gasteiger partial charge in [-0.15, -0.1) is 0 Å². The average Bonchev–Trinajstić information content (AvgIpc) is 2.73. The highest BCUT2D eigenvalue weighted by atomic mass is 35.5. The second kappa shape index (κ2) is 9.85. The number of halogens is 1. The van der Waals surface area contributed by atoms with E-state index >= 15 is 0 Å². The normalized spacial score (nSPS) is 11.1. The van der Waals surface area contributed by atoms with Crippen LogP contribution in [0.4, 0.5) is 11.4 Å². The number of hydrogen-bond donors (Lipinski definition) is 1. The van der Waals surface area contributed by atoms with E-state index in [0.717, 1.165) is 4.31 Å². The van der Waals surface area contributed by atoms with Crippen LogP contribution in [0, 0.1) is 6.92 Å². The average molecular weight is 459 g/mol. The fourth-order valence-corrected chi connectivity index (χ4v) is 4.81. The van der Waals surface area contributed by atoms with E-state index in [0.29, 0.717) is 34.3 Å². The van der Waals surface area contributed by atoms with Gasteiger partial charge in [0.2, 0.25) is 5.91 Å². The number of aryl methyl sites for hydroxylation is 1. The van der Waals surface area contributed by atoms with Crippen LogP contribution >= 0.6 is 11.6 Å². The van der Waals surface area contributed by atoms with Crippen molar-refractivity contribution in [1.29, 1.82) is 0 Å². The second-order valence-electron chi connectivity index (χ2n) is 6.76. The third kappa shape index (κ3) is 5.57. The number of nitrogens with zero attached hydrogens (tertiary/aromatic N) is 1. The molecule has 3 rings (SSSR count). The zero-order valence-electron chi connectivity index (χ0n) is 17.2. The summed E-state index contributed by atoms with van der Waals surface area (Å²) in [6.45, 7) is 3.71. The molecule has 3 aromatic rings. The summed E-state index contributed by atoms with van der Waals surface area (Å²) < 4.78 is 33.3. The van der Waals surface area contributed by atoms with Gasteiger partial charge in [-0.2, -0.15) is 0 Å². The van der Waals surface area contributed by atoms with E-state index in [1.54, 1.807) is 67.6 Å². The van der Waals surface area contributed by atoms with Gasteiger partial charge in [-0.25, -0.2) is 8.42 Å². The highest BCUT2D eigenvalue weighted by molar-refractivity contribution is 7.92. The van der Waals surface area contributed by atoms with E-state index in [1.807, 2.05) is 6.92 Å². The molecule has 0 unspecified atom stereocenters. The molecule has 0 heterocycles. The molecule has 8 heteroatoms. The van der Waals surface area contributed by atoms with Gasteiger partial charge < -0.3 is 10.1 Å². The molecule has 0 aliphatic rings. The number of sulfonamides is 1. The number of rotatable bonds is 8. The molecule has 1 amide bonds. The van der Waals surface area contributed by atoms with Crippen LogP contribution < -0.4 is 14.4 Å². The fraction of sp³-hybridized carbons (Fsp3) is 0.174. The van der Waals surface area contributed by atoms with Crippen LogP contribution in [0.2, 0.25) is 5.02 Å². The number of amides is 1. The van der Waals surface area contributed by atoms with Crippen molar-refractivity contribution < 1.29 is 17.9 Å². The van der Waals surface area contributed by atoms with Crippen molar-refractivity contribution in [2.75, 3.05) is 22.8 Å². The van der Waals surface area contributed by atoms with Crippen molar-refractivity contribution in [1.82, 2.24) is 0 Å². The zero-order chi connectivity index (χ0) is 22.4. The minimum absolute atomic E-state index is 0.0930. The van der Waals surface area contributed by atoms with Gasteiger partial charge in [-0.1, -0.05) is 35.9 Å². The SMILES string of the molecule is CCOc1cccc(NC(=O)CN(c2ccc(Cl)cc2C)S(=O)(=O)c2ccccc2)c1. The summed E-state index contributed by atoms with van der Waals surface area (Å²) in [6, 6.07) is 19.8. The minimum Gasteiger partial charge on any atom is -0.494 e. The molecule has 0 bridgehead atoms. The lowest BCUT2D eigenvalue weighted by atomic mass is 10.2. The summed E-state index contributed by atoms with van der Waals surface area (Å²) in [7, 11) is -3.99. The molecule has 0 saturated carbocycles. The molecular weight excluding hydrogens is 436 g/mol. The summed E-state index contributed by atoms with van der Waals surface area (Å²) in [5, 5.41) is 3.23. The summed E-state index contributed by atoms with van der Waals surface area (Å²) in [6.07, 6.45) is 0. The Hall–Kier alpha value is -3.03. The highest BCUT2D eigenvalue weighted by Crippen LogP contribution is 2.29. The Morgan fingerprint density at radius 3 is 2.45 bits per heavy atom. The molecule has 0 fully saturated rings. The smallest absolute Gasteiger partial charge is 0.264 e. The molecule has 0 aliphatic carbocycles. The van der Waals surface area contributed by atoms with Gasteiger partial charge in [0.05, 0.1) is 17.2 Å². The first kappa shape index (κ1) is 22.7. The Morgan fingerprint density at radius 2 is 1.77 bits per heavy atom. The van der Waals surface area contributed by atoms with Gasteiger partial charge in [-0.05, 0) is 61.9 Å². The van der Waals surface area contributed by atoms with Crippen LogP contribution in [0.5, 0.6) is 5.75 Å². The van der Waals surface area contributed by atoms with E-state index < -0.39 is 22.5 Å². The largest absolute Gasteiger partial charge is 0.494 e. The maximum absolute atomic E-state index is 13.4. The lowest BCUT2D eigenvalue weighted by Crippen LogP contribution is -2.38. The molecule has 0 atom stereocenters. The molecule has 0 aliphatic heterocycles. The lowest BCUT2D eigenvalue weighted by Gasteiger charge is -2.25. The predicted octanol–water partition coefficient (Wildman–Crippen LogP) is 4.88. The third-order valence-electron chi connectivity index (χ3n) is 4.47. The second-order valence-corrected chi connectivity index (χ2v) is 9.06. The van der Waals surface area contributed by atoms with E-state index in [1.165, 1.54) is 12.1 Å². The van der Waals surface area contributed by atoms with Gasteiger partial charge in [0.15, 0.2) is 0 Å². The molecule has 6 nitrogen and oxygen atoms in total. The summed E-state index contributed by atoms with van der Waals surface area (Å²) >= 11 is 6.05. The van der Waals surface area contributed by atoms with E-state index in [9.17, 15) is 13.2 Å². The zero-order valence-corrected chi connectivity index (χ0v) is 18.8. The Kier molecular flexibility index (Phi) is 7.20. The summed E-state index contributed by atoms with van der Waals surface area (Å²) in [5.74, 6) is 0.130. The Bertz CT molecular complexity index is 1170. The van der Waals surface area contributed by atoms with Crippen LogP contribution in [-0.2, 0) is 14.8 Å². The van der Waals surface area contributed by atoms with Gasteiger partial charge in [0, 0.05) is 16.8 Å². The first-order valence-corrected chi connectivity index (χ1v) is 11.5. The van der Waals surface area contributed by atoms with E-state index in [-0.39, 0.29) is 4.90 Å². The molecule has 0 aromatic heterocycles. The van der Waals surface area contributed by atoms with Gasteiger partial charge in [0.1, 0.15) is 12.3 Å². The number of carbonyl (C=O) groups is 1. The van der Waals surface area contributed by atoms with Crippen LogP contribution in [0.15, 0.2) is 77.7 Å². The predicted molar refractivity (Wildman–Crippen MR) is 123 cm³/mol. The number of carbonyl (C=O) groups excluding carboxylic acids is 1. The van der Waals surface area contributed by atoms with Crippen molar-refractivity contribution in [3.63, 3.8) is 0 Å².